The minimum Gasteiger partial charge on any atom is -0.480 e. The first-order valence-corrected chi connectivity index (χ1v) is 5.90. The van der Waals surface area contributed by atoms with Gasteiger partial charge in [-0.25, -0.2) is 0 Å². The van der Waals surface area contributed by atoms with E-state index in [9.17, 15) is 14.4 Å². The van der Waals surface area contributed by atoms with Gasteiger partial charge in [-0.15, -0.1) is 0 Å². The van der Waals surface area contributed by atoms with Gasteiger partial charge in [0.25, 0.3) is 0 Å². The average Bonchev–Trinajstić information content (AvgIpc) is 2.38. The van der Waals surface area contributed by atoms with Crippen LogP contribution in [-0.2, 0) is 20.8 Å². The van der Waals surface area contributed by atoms with Crippen LogP contribution in [0, 0.1) is 0 Å². The second-order valence-corrected chi connectivity index (χ2v) is 4.39. The zero-order valence-corrected chi connectivity index (χ0v) is 10.2. The predicted octanol–water partition coefficient (Wildman–Crippen LogP) is -0.359. The molecule has 0 spiro atoms. The van der Waals surface area contributed by atoms with Gasteiger partial charge in [0.05, 0.1) is 13.0 Å². The van der Waals surface area contributed by atoms with Crippen LogP contribution >= 0.6 is 0 Å². The third kappa shape index (κ3) is 3.31. The number of nitrogens with one attached hydrogen (secondary N) is 1. The Morgan fingerprint density at radius 1 is 1.32 bits per heavy atom. The molecule has 0 saturated carbocycles. The highest BCUT2D eigenvalue weighted by Gasteiger charge is 2.38. The van der Waals surface area contributed by atoms with E-state index in [1.807, 2.05) is 30.3 Å². The maximum Gasteiger partial charge on any atom is 0.323 e. The Hall–Kier alpha value is -2.37. The Balaban J connectivity index is 1.79. The molecule has 1 aliphatic rings. The van der Waals surface area contributed by atoms with E-state index in [4.69, 9.17) is 5.11 Å². The van der Waals surface area contributed by atoms with E-state index < -0.39 is 12.0 Å². The van der Waals surface area contributed by atoms with Gasteiger partial charge in [0.15, 0.2) is 0 Å². The van der Waals surface area contributed by atoms with Gasteiger partial charge in [0.1, 0.15) is 12.6 Å². The summed E-state index contributed by atoms with van der Waals surface area (Å²) in [7, 11) is 0. The molecule has 1 heterocycles. The molecule has 1 unspecified atom stereocenters. The van der Waals surface area contributed by atoms with E-state index in [1.165, 1.54) is 4.90 Å². The van der Waals surface area contributed by atoms with Crippen LogP contribution in [0.3, 0.4) is 0 Å². The van der Waals surface area contributed by atoms with E-state index in [0.29, 0.717) is 0 Å². The van der Waals surface area contributed by atoms with Crippen LogP contribution in [0.4, 0.5) is 0 Å². The molecule has 2 N–H and O–H groups in total. The standard InChI is InChI=1S/C13H14N2O4/c16-11(6-9-4-2-1-3-5-9)14-10-7-15(13(10)19)8-12(17)18/h1-5,10H,6-8H2,(H,14,16)(H,17,18). The number of β-lactam (4-membered cyclic amide) rings is 1. The lowest BCUT2D eigenvalue weighted by Gasteiger charge is -2.37. The number of likely N-dealkylation sites (tertiary alicyclic amines) is 1. The minimum absolute atomic E-state index is 0.212. The Morgan fingerprint density at radius 2 is 2.00 bits per heavy atom. The monoisotopic (exact) mass is 262 g/mol. The van der Waals surface area contributed by atoms with Gasteiger partial charge in [-0.3, -0.25) is 14.4 Å². The van der Waals surface area contributed by atoms with Crippen molar-refractivity contribution in [3.63, 3.8) is 0 Å². The van der Waals surface area contributed by atoms with Crippen LogP contribution in [0.2, 0.25) is 0 Å². The van der Waals surface area contributed by atoms with Gasteiger partial charge in [-0.2, -0.15) is 0 Å². The fraction of sp³-hybridized carbons (Fsp3) is 0.308. The number of carboxylic acid groups (broad SMARTS) is 1. The Bertz CT molecular complexity index is 501. The van der Waals surface area contributed by atoms with Crippen molar-refractivity contribution in [1.29, 1.82) is 0 Å². The predicted molar refractivity (Wildman–Crippen MR) is 66.3 cm³/mol. The van der Waals surface area contributed by atoms with Gasteiger partial charge < -0.3 is 15.3 Å². The molecule has 0 aromatic heterocycles. The Labute approximate surface area is 110 Å². The number of nitrogens with zero attached hydrogens (tertiary/aromatic N) is 1. The lowest BCUT2D eigenvalue weighted by molar-refractivity contribution is -0.153. The molecule has 0 bridgehead atoms. The number of hydrogen-bond donors (Lipinski definition) is 2. The van der Waals surface area contributed by atoms with Gasteiger partial charge in [0, 0.05) is 0 Å². The molecule has 0 aliphatic carbocycles. The number of benzene rings is 1. The quantitative estimate of drug-likeness (QED) is 0.709. The molecule has 0 radical (unpaired) electrons. The SMILES string of the molecule is O=C(O)CN1CC(NC(=O)Cc2ccccc2)C1=O. The van der Waals surface area contributed by atoms with E-state index >= 15 is 0 Å². The summed E-state index contributed by atoms with van der Waals surface area (Å²) in [6.45, 7) is -0.0600. The topological polar surface area (TPSA) is 86.7 Å². The normalized spacial score (nSPS) is 17.8. The number of carbonyl (C=O) groups is 3. The third-order valence-electron chi connectivity index (χ3n) is 2.88. The molecule has 1 fully saturated rings. The third-order valence-corrected chi connectivity index (χ3v) is 2.88. The number of carbonyl (C=O) groups excluding carboxylic acids is 2. The fourth-order valence-electron chi connectivity index (χ4n) is 1.94. The second-order valence-electron chi connectivity index (χ2n) is 4.39. The average molecular weight is 262 g/mol. The maximum absolute atomic E-state index is 11.7. The summed E-state index contributed by atoms with van der Waals surface area (Å²) in [5.41, 5.74) is 0.870. The molecule has 1 aromatic rings. The highest BCUT2D eigenvalue weighted by Crippen LogP contribution is 2.10. The number of aliphatic carboxylic acids is 1. The molecule has 100 valence electrons. The van der Waals surface area contributed by atoms with Crippen molar-refractivity contribution in [2.24, 2.45) is 0 Å². The van der Waals surface area contributed by atoms with Crippen molar-refractivity contribution in [3.8, 4) is 0 Å². The number of hydrogen-bond acceptors (Lipinski definition) is 3. The number of amides is 2. The van der Waals surface area contributed by atoms with Crippen LogP contribution in [0.25, 0.3) is 0 Å². The molecular formula is C13H14N2O4. The molecule has 1 saturated heterocycles. The van der Waals surface area contributed by atoms with E-state index in [2.05, 4.69) is 5.32 Å². The van der Waals surface area contributed by atoms with Crippen molar-refractivity contribution in [3.05, 3.63) is 35.9 Å². The first kappa shape index (κ1) is 13.1. The minimum atomic E-state index is -1.05. The van der Waals surface area contributed by atoms with Crippen LogP contribution in [0.5, 0.6) is 0 Å². The van der Waals surface area contributed by atoms with Gasteiger partial charge in [-0.1, -0.05) is 30.3 Å². The zero-order valence-electron chi connectivity index (χ0n) is 10.2. The maximum atomic E-state index is 11.7. The van der Waals surface area contributed by atoms with Crippen LogP contribution in [0.15, 0.2) is 30.3 Å². The summed E-state index contributed by atoms with van der Waals surface area (Å²) in [6.07, 6.45) is 0.212. The lowest BCUT2D eigenvalue weighted by atomic mass is 10.1. The van der Waals surface area contributed by atoms with Crippen molar-refractivity contribution in [2.45, 2.75) is 12.5 Å². The van der Waals surface area contributed by atoms with E-state index in [-0.39, 0.29) is 31.3 Å². The summed E-state index contributed by atoms with van der Waals surface area (Å²) in [5, 5.41) is 11.1. The molecule has 1 atom stereocenters. The smallest absolute Gasteiger partial charge is 0.323 e. The van der Waals surface area contributed by atoms with Crippen molar-refractivity contribution < 1.29 is 19.5 Å². The second kappa shape index (κ2) is 5.51. The summed E-state index contributed by atoms with van der Waals surface area (Å²) in [4.78, 5) is 34.9. The first-order valence-electron chi connectivity index (χ1n) is 5.90. The lowest BCUT2D eigenvalue weighted by Crippen LogP contribution is -2.64. The van der Waals surface area contributed by atoms with Crippen molar-refractivity contribution >= 4 is 17.8 Å². The van der Waals surface area contributed by atoms with Crippen molar-refractivity contribution in [2.75, 3.05) is 13.1 Å². The zero-order chi connectivity index (χ0) is 13.8. The highest BCUT2D eigenvalue weighted by molar-refractivity contribution is 5.94. The molecule has 6 nitrogen and oxygen atoms in total. The fourth-order valence-corrected chi connectivity index (χ4v) is 1.94. The van der Waals surface area contributed by atoms with Gasteiger partial charge in [-0.05, 0) is 5.56 Å². The highest BCUT2D eigenvalue weighted by atomic mass is 16.4. The molecule has 1 aromatic carbocycles. The summed E-state index contributed by atoms with van der Waals surface area (Å²) >= 11 is 0. The Morgan fingerprint density at radius 3 is 2.58 bits per heavy atom. The Kier molecular flexibility index (Phi) is 3.79. The van der Waals surface area contributed by atoms with Crippen LogP contribution in [0.1, 0.15) is 5.56 Å². The summed E-state index contributed by atoms with van der Waals surface area (Å²) in [5.74, 6) is -1.63. The summed E-state index contributed by atoms with van der Waals surface area (Å²) < 4.78 is 0. The summed E-state index contributed by atoms with van der Waals surface area (Å²) in [6, 6.07) is 8.62. The number of carboxylic acids is 1. The van der Waals surface area contributed by atoms with Crippen LogP contribution < -0.4 is 5.32 Å². The van der Waals surface area contributed by atoms with E-state index in [0.717, 1.165) is 5.56 Å². The van der Waals surface area contributed by atoms with Crippen LogP contribution in [-0.4, -0.2) is 46.9 Å². The molecule has 6 heteroatoms. The molecule has 2 amide bonds. The van der Waals surface area contributed by atoms with Gasteiger partial charge in [0.2, 0.25) is 11.8 Å². The molecule has 2 rings (SSSR count). The first-order chi connectivity index (χ1) is 9.06. The van der Waals surface area contributed by atoms with E-state index in [1.54, 1.807) is 0 Å². The number of rotatable bonds is 5. The molecule has 1 aliphatic heterocycles. The van der Waals surface area contributed by atoms with Gasteiger partial charge >= 0.3 is 5.97 Å². The molecule has 19 heavy (non-hydrogen) atoms. The molecular weight excluding hydrogens is 248 g/mol. The van der Waals surface area contributed by atoms with Crippen molar-refractivity contribution in [1.82, 2.24) is 10.2 Å². The largest absolute Gasteiger partial charge is 0.480 e.